The summed E-state index contributed by atoms with van der Waals surface area (Å²) in [5.74, 6) is 0.723. The molecular weight excluding hydrogens is 414 g/mol. The molecule has 0 fully saturated rings. The van der Waals surface area contributed by atoms with Gasteiger partial charge in [-0.05, 0) is 24.3 Å². The molecule has 0 atom stereocenters. The zero-order chi connectivity index (χ0) is 21.3. The third-order valence-corrected chi connectivity index (χ3v) is 7.32. The number of sulfonamides is 1. The van der Waals surface area contributed by atoms with Gasteiger partial charge in [-0.3, -0.25) is 4.79 Å². The number of hydrogen-bond donors (Lipinski definition) is 0. The molecule has 0 saturated carbocycles. The van der Waals surface area contributed by atoms with E-state index in [9.17, 15) is 13.2 Å². The van der Waals surface area contributed by atoms with E-state index in [4.69, 9.17) is 9.47 Å². The van der Waals surface area contributed by atoms with Crippen molar-refractivity contribution in [2.45, 2.75) is 4.90 Å². The first kappa shape index (κ1) is 21.0. The van der Waals surface area contributed by atoms with Gasteiger partial charge in [0.2, 0.25) is 10.0 Å². The number of nitrogens with zero attached hydrogens (tertiary/aromatic N) is 3. The van der Waals surface area contributed by atoms with Crippen molar-refractivity contribution in [3.8, 4) is 11.5 Å². The van der Waals surface area contributed by atoms with E-state index in [0.717, 1.165) is 14.5 Å². The van der Waals surface area contributed by atoms with E-state index >= 15 is 0 Å². The molecule has 1 amide bonds. The van der Waals surface area contributed by atoms with E-state index < -0.39 is 15.9 Å². The van der Waals surface area contributed by atoms with Crippen LogP contribution in [0.5, 0.6) is 11.5 Å². The maximum atomic E-state index is 12.6. The van der Waals surface area contributed by atoms with Crippen LogP contribution in [-0.4, -0.2) is 51.5 Å². The third kappa shape index (κ3) is 3.91. The Morgan fingerprint density at radius 2 is 1.66 bits per heavy atom. The quantitative estimate of drug-likeness (QED) is 0.613. The number of methoxy groups -OCH3 is 2. The first-order valence-electron chi connectivity index (χ1n) is 8.52. The van der Waals surface area contributed by atoms with Gasteiger partial charge in [0.25, 0.3) is 5.91 Å². The largest absolute Gasteiger partial charge is 0.493 e. The number of aryl methyl sites for hydroxylation is 1. The Hall–Kier alpha value is -2.69. The summed E-state index contributed by atoms with van der Waals surface area (Å²) in [6.07, 6.45) is 0. The number of rotatable bonds is 5. The van der Waals surface area contributed by atoms with E-state index in [0.29, 0.717) is 21.9 Å². The fraction of sp³-hybridized carbons (Fsp3) is 0.263. The maximum absolute atomic E-state index is 12.6. The Labute approximate surface area is 172 Å². The Kier molecular flexibility index (Phi) is 5.78. The van der Waals surface area contributed by atoms with E-state index in [1.165, 1.54) is 49.7 Å². The molecule has 0 aliphatic heterocycles. The second kappa shape index (κ2) is 7.97. The first-order chi connectivity index (χ1) is 13.7. The molecule has 0 spiro atoms. The smallest absolute Gasteiger partial charge is 0.279 e. The number of fused-ring (bicyclic) bond motifs is 1. The molecule has 1 aromatic heterocycles. The predicted octanol–water partition coefficient (Wildman–Crippen LogP) is 2.25. The summed E-state index contributed by atoms with van der Waals surface area (Å²) < 4.78 is 38.8. The highest BCUT2D eigenvalue weighted by Gasteiger charge is 2.17. The summed E-state index contributed by atoms with van der Waals surface area (Å²) in [4.78, 5) is 17.4. The zero-order valence-corrected chi connectivity index (χ0v) is 18.3. The number of thiazole rings is 1. The van der Waals surface area contributed by atoms with Crippen LogP contribution in [0, 0.1) is 0 Å². The lowest BCUT2D eigenvalue weighted by Gasteiger charge is -2.11. The van der Waals surface area contributed by atoms with Gasteiger partial charge in [0, 0.05) is 38.8 Å². The predicted molar refractivity (Wildman–Crippen MR) is 111 cm³/mol. The molecular formula is C19H21N3O5S2. The zero-order valence-electron chi connectivity index (χ0n) is 16.7. The number of aromatic nitrogens is 1. The van der Waals surface area contributed by atoms with Gasteiger partial charge in [-0.15, -0.1) is 0 Å². The molecule has 0 aliphatic carbocycles. The maximum Gasteiger partial charge on any atom is 0.279 e. The van der Waals surface area contributed by atoms with Gasteiger partial charge in [0.1, 0.15) is 0 Å². The number of benzene rings is 2. The average Bonchev–Trinajstić information content (AvgIpc) is 3.01. The summed E-state index contributed by atoms with van der Waals surface area (Å²) in [7, 11) is 4.29. The van der Waals surface area contributed by atoms with Crippen LogP contribution in [0.3, 0.4) is 0 Å². The van der Waals surface area contributed by atoms with Crippen molar-refractivity contribution < 1.29 is 22.7 Å². The van der Waals surface area contributed by atoms with Gasteiger partial charge < -0.3 is 14.0 Å². The standard InChI is InChI=1S/C19H21N3O5S2/c1-21(2)29(24,25)13-8-6-12(7-9-13)18(23)20-19-22(3)14-10-15(26-4)16(27-5)11-17(14)28-19/h6-11H,1-5H3. The molecule has 0 bridgehead atoms. The molecule has 8 nitrogen and oxygen atoms in total. The molecule has 0 unspecified atom stereocenters. The summed E-state index contributed by atoms with van der Waals surface area (Å²) in [6, 6.07) is 9.39. The van der Waals surface area contributed by atoms with Crippen molar-refractivity contribution in [1.82, 2.24) is 8.87 Å². The monoisotopic (exact) mass is 435 g/mol. The van der Waals surface area contributed by atoms with Gasteiger partial charge >= 0.3 is 0 Å². The van der Waals surface area contributed by atoms with E-state index in [1.54, 1.807) is 18.8 Å². The lowest BCUT2D eigenvalue weighted by molar-refractivity contribution is 0.0998. The Bertz CT molecular complexity index is 1240. The van der Waals surface area contributed by atoms with Crippen LogP contribution >= 0.6 is 11.3 Å². The molecule has 0 aliphatic rings. The Morgan fingerprint density at radius 3 is 2.21 bits per heavy atom. The summed E-state index contributed by atoms with van der Waals surface area (Å²) in [5, 5.41) is 0. The van der Waals surface area contributed by atoms with Crippen LogP contribution in [0.2, 0.25) is 0 Å². The van der Waals surface area contributed by atoms with Crippen LogP contribution in [0.25, 0.3) is 10.2 Å². The van der Waals surface area contributed by atoms with Crippen LogP contribution in [0.4, 0.5) is 0 Å². The molecule has 0 saturated heterocycles. The third-order valence-electron chi connectivity index (χ3n) is 4.39. The van der Waals surface area contributed by atoms with Crippen LogP contribution in [0.15, 0.2) is 46.3 Å². The second-order valence-corrected chi connectivity index (χ2v) is 9.51. The van der Waals surface area contributed by atoms with Gasteiger partial charge in [0.15, 0.2) is 16.3 Å². The minimum atomic E-state index is -3.55. The van der Waals surface area contributed by atoms with Gasteiger partial charge in [-0.2, -0.15) is 4.99 Å². The van der Waals surface area contributed by atoms with Crippen molar-refractivity contribution in [2.75, 3.05) is 28.3 Å². The molecule has 0 radical (unpaired) electrons. The summed E-state index contributed by atoms with van der Waals surface area (Å²) >= 11 is 1.34. The SMILES string of the molecule is COc1cc2sc(=NC(=O)c3ccc(S(=O)(=O)N(C)C)cc3)n(C)c2cc1OC. The number of carbonyl (C=O) groups excluding carboxylic acids is 1. The van der Waals surface area contributed by atoms with Crippen LogP contribution in [-0.2, 0) is 17.1 Å². The first-order valence-corrected chi connectivity index (χ1v) is 10.8. The topological polar surface area (TPSA) is 90.2 Å². The lowest BCUT2D eigenvalue weighted by atomic mass is 10.2. The van der Waals surface area contributed by atoms with E-state index in [1.807, 2.05) is 19.2 Å². The Balaban J connectivity index is 2.01. The molecule has 1 heterocycles. The fourth-order valence-corrected chi connectivity index (χ4v) is 4.62. The molecule has 0 N–H and O–H groups in total. The minimum absolute atomic E-state index is 0.116. The number of carbonyl (C=O) groups is 1. The highest BCUT2D eigenvalue weighted by molar-refractivity contribution is 7.89. The summed E-state index contributed by atoms with van der Waals surface area (Å²) in [5.41, 5.74) is 1.15. The van der Waals surface area contributed by atoms with Crippen molar-refractivity contribution >= 4 is 37.5 Å². The molecule has 2 aromatic carbocycles. The summed E-state index contributed by atoms with van der Waals surface area (Å²) in [6.45, 7) is 0. The van der Waals surface area contributed by atoms with E-state index in [2.05, 4.69) is 4.99 Å². The highest BCUT2D eigenvalue weighted by atomic mass is 32.2. The lowest BCUT2D eigenvalue weighted by Crippen LogP contribution is -2.22. The van der Waals surface area contributed by atoms with Gasteiger partial charge in [-0.25, -0.2) is 12.7 Å². The van der Waals surface area contributed by atoms with Crippen molar-refractivity contribution in [3.63, 3.8) is 0 Å². The second-order valence-electron chi connectivity index (χ2n) is 6.35. The van der Waals surface area contributed by atoms with E-state index in [-0.39, 0.29) is 4.90 Å². The normalized spacial score (nSPS) is 12.6. The minimum Gasteiger partial charge on any atom is -0.493 e. The van der Waals surface area contributed by atoms with Gasteiger partial charge in [0.05, 0.1) is 29.3 Å². The molecule has 10 heteroatoms. The number of amides is 1. The number of ether oxygens (including phenoxy) is 2. The average molecular weight is 436 g/mol. The highest BCUT2D eigenvalue weighted by Crippen LogP contribution is 2.33. The fourth-order valence-electron chi connectivity index (χ4n) is 2.69. The molecule has 29 heavy (non-hydrogen) atoms. The van der Waals surface area contributed by atoms with Gasteiger partial charge in [-0.1, -0.05) is 11.3 Å². The Morgan fingerprint density at radius 1 is 1.07 bits per heavy atom. The van der Waals surface area contributed by atoms with Crippen LogP contribution < -0.4 is 14.3 Å². The van der Waals surface area contributed by atoms with Crippen molar-refractivity contribution in [1.29, 1.82) is 0 Å². The molecule has 3 aromatic rings. The van der Waals surface area contributed by atoms with Crippen LogP contribution in [0.1, 0.15) is 10.4 Å². The molecule has 3 rings (SSSR count). The van der Waals surface area contributed by atoms with Crippen molar-refractivity contribution in [3.05, 3.63) is 46.8 Å². The molecule has 154 valence electrons. The van der Waals surface area contributed by atoms with Crippen molar-refractivity contribution in [2.24, 2.45) is 12.0 Å². The number of hydrogen-bond acceptors (Lipinski definition) is 6.